The lowest BCUT2D eigenvalue weighted by Gasteiger charge is -2.26. The first-order chi connectivity index (χ1) is 9.17. The van der Waals surface area contributed by atoms with Crippen LogP contribution in [0.3, 0.4) is 0 Å². The fourth-order valence-corrected chi connectivity index (χ4v) is 2.24. The Bertz CT molecular complexity index is 429. The lowest BCUT2D eigenvalue weighted by molar-refractivity contribution is -0.138. The molecule has 2 atom stereocenters. The molecular weight excluding hydrogens is 267 g/mol. The molecule has 0 aliphatic carbocycles. The number of aliphatic hydroxyl groups is 1. The average Bonchev–Trinajstić information content (AvgIpc) is 2.35. The van der Waals surface area contributed by atoms with Crippen LogP contribution in [0.1, 0.15) is 50.8 Å². The molecule has 5 heteroatoms. The van der Waals surface area contributed by atoms with Crippen LogP contribution in [0.25, 0.3) is 0 Å². The minimum atomic E-state index is -4.36. The maximum Gasteiger partial charge on any atom is 0.416 e. The summed E-state index contributed by atoms with van der Waals surface area (Å²) in [6.45, 7) is 5.57. The number of hydrogen-bond donors (Lipinski definition) is 2. The van der Waals surface area contributed by atoms with Crippen LogP contribution in [-0.4, -0.2) is 17.3 Å². The Balaban J connectivity index is 2.81. The SMILES string of the molecule is CCCC(C)(O)CNC(C)c1ccccc1C(F)(F)F. The minimum Gasteiger partial charge on any atom is -0.389 e. The van der Waals surface area contributed by atoms with Crippen molar-refractivity contribution in [3.63, 3.8) is 0 Å². The van der Waals surface area contributed by atoms with Crippen LogP contribution >= 0.6 is 0 Å². The second kappa shape index (κ2) is 6.59. The molecule has 0 aliphatic rings. The van der Waals surface area contributed by atoms with Gasteiger partial charge >= 0.3 is 6.18 Å². The van der Waals surface area contributed by atoms with E-state index in [1.54, 1.807) is 19.9 Å². The lowest BCUT2D eigenvalue weighted by atomic mass is 9.97. The van der Waals surface area contributed by atoms with E-state index in [1.165, 1.54) is 12.1 Å². The van der Waals surface area contributed by atoms with Gasteiger partial charge in [-0.25, -0.2) is 0 Å². The number of halogens is 3. The number of alkyl halides is 3. The van der Waals surface area contributed by atoms with Crippen LogP contribution in [0.15, 0.2) is 24.3 Å². The summed E-state index contributed by atoms with van der Waals surface area (Å²) in [5, 5.41) is 13.0. The zero-order valence-corrected chi connectivity index (χ0v) is 12.1. The highest BCUT2D eigenvalue weighted by molar-refractivity contribution is 5.32. The average molecular weight is 289 g/mol. The topological polar surface area (TPSA) is 32.3 Å². The van der Waals surface area contributed by atoms with E-state index >= 15 is 0 Å². The molecule has 0 bridgehead atoms. The predicted octanol–water partition coefficient (Wildman–Crippen LogP) is 3.91. The van der Waals surface area contributed by atoms with Gasteiger partial charge < -0.3 is 10.4 Å². The van der Waals surface area contributed by atoms with Gasteiger partial charge in [0.15, 0.2) is 0 Å². The third-order valence-electron chi connectivity index (χ3n) is 3.31. The van der Waals surface area contributed by atoms with Gasteiger partial charge in [0.2, 0.25) is 0 Å². The molecule has 0 amide bonds. The number of nitrogens with one attached hydrogen (secondary N) is 1. The van der Waals surface area contributed by atoms with Gasteiger partial charge in [-0.2, -0.15) is 13.2 Å². The van der Waals surface area contributed by atoms with E-state index < -0.39 is 23.4 Å². The summed E-state index contributed by atoms with van der Waals surface area (Å²) < 4.78 is 38.8. The van der Waals surface area contributed by atoms with Crippen molar-refractivity contribution in [3.8, 4) is 0 Å². The number of benzene rings is 1. The van der Waals surface area contributed by atoms with Gasteiger partial charge in [-0.15, -0.1) is 0 Å². The molecule has 0 saturated carbocycles. The largest absolute Gasteiger partial charge is 0.416 e. The summed E-state index contributed by atoms with van der Waals surface area (Å²) in [5.74, 6) is 0. The fourth-order valence-electron chi connectivity index (χ4n) is 2.24. The first-order valence-electron chi connectivity index (χ1n) is 6.79. The smallest absolute Gasteiger partial charge is 0.389 e. The third kappa shape index (κ3) is 4.80. The molecule has 20 heavy (non-hydrogen) atoms. The highest BCUT2D eigenvalue weighted by Gasteiger charge is 2.34. The van der Waals surface area contributed by atoms with Crippen molar-refractivity contribution in [1.82, 2.24) is 5.32 Å². The van der Waals surface area contributed by atoms with E-state index in [1.807, 2.05) is 6.92 Å². The molecule has 2 nitrogen and oxygen atoms in total. The predicted molar refractivity (Wildman–Crippen MR) is 73.4 cm³/mol. The van der Waals surface area contributed by atoms with Crippen molar-refractivity contribution in [1.29, 1.82) is 0 Å². The highest BCUT2D eigenvalue weighted by atomic mass is 19.4. The van der Waals surface area contributed by atoms with Crippen molar-refractivity contribution in [3.05, 3.63) is 35.4 Å². The van der Waals surface area contributed by atoms with Gasteiger partial charge in [-0.3, -0.25) is 0 Å². The van der Waals surface area contributed by atoms with E-state index in [0.29, 0.717) is 6.42 Å². The summed E-state index contributed by atoms with van der Waals surface area (Å²) in [5.41, 5.74) is -1.33. The fraction of sp³-hybridized carbons (Fsp3) is 0.600. The molecule has 0 saturated heterocycles. The van der Waals surface area contributed by atoms with Crippen LogP contribution in [0, 0.1) is 0 Å². The first kappa shape index (κ1) is 17.0. The second-order valence-corrected chi connectivity index (χ2v) is 5.43. The molecule has 1 rings (SSSR count). The van der Waals surface area contributed by atoms with E-state index in [9.17, 15) is 18.3 Å². The van der Waals surface area contributed by atoms with E-state index in [0.717, 1.165) is 12.5 Å². The zero-order chi connectivity index (χ0) is 15.4. The Labute approximate surface area is 118 Å². The van der Waals surface area contributed by atoms with Crippen molar-refractivity contribution in [2.24, 2.45) is 0 Å². The molecule has 0 aromatic heterocycles. The maximum absolute atomic E-state index is 12.9. The Morgan fingerprint density at radius 2 is 1.85 bits per heavy atom. The highest BCUT2D eigenvalue weighted by Crippen LogP contribution is 2.34. The second-order valence-electron chi connectivity index (χ2n) is 5.43. The normalized spacial score (nSPS) is 16.8. The third-order valence-corrected chi connectivity index (χ3v) is 3.31. The zero-order valence-electron chi connectivity index (χ0n) is 12.1. The van der Waals surface area contributed by atoms with Crippen LogP contribution in [-0.2, 0) is 6.18 Å². The first-order valence-corrected chi connectivity index (χ1v) is 6.79. The van der Waals surface area contributed by atoms with Crippen molar-refractivity contribution in [2.75, 3.05) is 6.54 Å². The quantitative estimate of drug-likeness (QED) is 0.832. The molecule has 0 heterocycles. The van der Waals surface area contributed by atoms with Gasteiger partial charge in [0, 0.05) is 12.6 Å². The molecular formula is C15H22F3NO. The van der Waals surface area contributed by atoms with E-state index in [-0.39, 0.29) is 12.1 Å². The standard InChI is InChI=1S/C15H22F3NO/c1-4-9-14(3,20)10-19-11(2)12-7-5-6-8-13(12)15(16,17)18/h5-8,11,19-20H,4,9-10H2,1-3H3. The minimum absolute atomic E-state index is 0.201. The summed E-state index contributed by atoms with van der Waals surface area (Å²) in [7, 11) is 0. The lowest BCUT2D eigenvalue weighted by Crippen LogP contribution is -2.39. The van der Waals surface area contributed by atoms with Gasteiger partial charge in [-0.05, 0) is 31.9 Å². The van der Waals surface area contributed by atoms with Crippen LogP contribution in [0.4, 0.5) is 13.2 Å². The Hall–Kier alpha value is -1.07. The summed E-state index contributed by atoms with van der Waals surface area (Å²) in [6.07, 6.45) is -2.94. The molecule has 0 spiro atoms. The molecule has 1 aromatic carbocycles. The summed E-state index contributed by atoms with van der Waals surface area (Å²) >= 11 is 0. The Morgan fingerprint density at radius 3 is 2.40 bits per heavy atom. The Kier molecular flexibility index (Phi) is 5.59. The number of hydrogen-bond acceptors (Lipinski definition) is 2. The molecule has 114 valence electrons. The molecule has 0 radical (unpaired) electrons. The van der Waals surface area contributed by atoms with E-state index in [4.69, 9.17) is 0 Å². The van der Waals surface area contributed by atoms with Crippen molar-refractivity contribution >= 4 is 0 Å². The molecule has 0 aliphatic heterocycles. The monoisotopic (exact) mass is 289 g/mol. The van der Waals surface area contributed by atoms with Crippen LogP contribution in [0.2, 0.25) is 0 Å². The van der Waals surface area contributed by atoms with Gasteiger partial charge in [0.05, 0.1) is 11.2 Å². The molecule has 2 N–H and O–H groups in total. The Morgan fingerprint density at radius 1 is 1.25 bits per heavy atom. The summed E-state index contributed by atoms with van der Waals surface area (Å²) in [4.78, 5) is 0. The van der Waals surface area contributed by atoms with Crippen LogP contribution < -0.4 is 5.32 Å². The molecule has 2 unspecified atom stereocenters. The molecule has 0 fully saturated rings. The van der Waals surface area contributed by atoms with Gasteiger partial charge in [0.25, 0.3) is 0 Å². The van der Waals surface area contributed by atoms with Crippen molar-refractivity contribution in [2.45, 2.75) is 51.4 Å². The summed E-state index contributed by atoms with van der Waals surface area (Å²) in [6, 6.07) is 5.04. The van der Waals surface area contributed by atoms with Gasteiger partial charge in [-0.1, -0.05) is 31.5 Å². The van der Waals surface area contributed by atoms with Crippen LogP contribution in [0.5, 0.6) is 0 Å². The molecule has 1 aromatic rings. The van der Waals surface area contributed by atoms with Gasteiger partial charge in [0.1, 0.15) is 0 Å². The number of rotatable bonds is 6. The maximum atomic E-state index is 12.9. The van der Waals surface area contributed by atoms with E-state index in [2.05, 4.69) is 5.32 Å². The van der Waals surface area contributed by atoms with Crippen molar-refractivity contribution < 1.29 is 18.3 Å².